The van der Waals surface area contributed by atoms with Gasteiger partial charge in [-0.3, -0.25) is 14.4 Å². The minimum absolute atomic E-state index is 0.0378. The number of ether oxygens (including phenoxy) is 2. The van der Waals surface area contributed by atoms with E-state index in [1.807, 2.05) is 19.1 Å². The molecular weight excluding hydrogens is 360 g/mol. The fourth-order valence-corrected chi connectivity index (χ4v) is 2.49. The summed E-state index contributed by atoms with van der Waals surface area (Å²) in [4.78, 5) is 36.2. The Hall–Kier alpha value is -3.35. The molecule has 1 atom stereocenters. The third kappa shape index (κ3) is 5.84. The molecule has 2 amide bonds. The van der Waals surface area contributed by atoms with Crippen LogP contribution in [0.3, 0.4) is 0 Å². The van der Waals surface area contributed by atoms with Gasteiger partial charge in [0.25, 0.3) is 11.8 Å². The van der Waals surface area contributed by atoms with Crippen LogP contribution in [0, 0.1) is 6.92 Å². The number of anilines is 1. The van der Waals surface area contributed by atoms with Gasteiger partial charge in [-0.05, 0) is 37.6 Å². The van der Waals surface area contributed by atoms with Crippen molar-refractivity contribution in [2.24, 2.45) is 0 Å². The van der Waals surface area contributed by atoms with Crippen molar-refractivity contribution in [3.8, 4) is 5.75 Å². The third-order valence-corrected chi connectivity index (χ3v) is 4.05. The molecule has 7 nitrogen and oxygen atoms in total. The standard InChI is InChI=1S/C21H24N2O5/c1-14-8-4-5-9-16(14)21(26)22-13-12-19(24)28-15(2)20(25)23-17-10-6-7-11-18(17)27-3/h4-11,15H,12-13H2,1-3H3,(H,22,26)(H,23,25). The van der Waals surface area contributed by atoms with Gasteiger partial charge in [-0.15, -0.1) is 0 Å². The van der Waals surface area contributed by atoms with Gasteiger partial charge in [0, 0.05) is 12.1 Å². The molecule has 0 aliphatic carbocycles. The fourth-order valence-electron chi connectivity index (χ4n) is 2.49. The Kier molecular flexibility index (Phi) is 7.56. The van der Waals surface area contributed by atoms with E-state index in [4.69, 9.17) is 9.47 Å². The van der Waals surface area contributed by atoms with Gasteiger partial charge in [0.2, 0.25) is 0 Å². The SMILES string of the molecule is COc1ccccc1NC(=O)C(C)OC(=O)CCNC(=O)c1ccccc1C. The molecule has 0 radical (unpaired) electrons. The van der Waals surface area contributed by atoms with E-state index in [0.717, 1.165) is 5.56 Å². The van der Waals surface area contributed by atoms with Crippen molar-refractivity contribution >= 4 is 23.5 Å². The van der Waals surface area contributed by atoms with Gasteiger partial charge < -0.3 is 20.1 Å². The van der Waals surface area contributed by atoms with Gasteiger partial charge in [0.15, 0.2) is 6.10 Å². The average molecular weight is 384 g/mol. The van der Waals surface area contributed by atoms with Crippen LogP contribution in [-0.4, -0.2) is 37.5 Å². The van der Waals surface area contributed by atoms with Crippen LogP contribution in [0.15, 0.2) is 48.5 Å². The number of hydrogen-bond acceptors (Lipinski definition) is 5. The highest BCUT2D eigenvalue weighted by molar-refractivity contribution is 5.97. The van der Waals surface area contributed by atoms with Crippen molar-refractivity contribution in [2.75, 3.05) is 19.0 Å². The maximum Gasteiger partial charge on any atom is 0.308 e. The molecule has 7 heteroatoms. The minimum atomic E-state index is -0.982. The van der Waals surface area contributed by atoms with Crippen molar-refractivity contribution < 1.29 is 23.9 Å². The van der Waals surface area contributed by atoms with Gasteiger partial charge in [-0.2, -0.15) is 0 Å². The Bertz CT molecular complexity index is 850. The zero-order chi connectivity index (χ0) is 20.5. The molecule has 0 aromatic heterocycles. The summed E-state index contributed by atoms with van der Waals surface area (Å²) in [5.74, 6) is -0.796. The van der Waals surface area contributed by atoms with Crippen molar-refractivity contribution in [1.29, 1.82) is 0 Å². The lowest BCUT2D eigenvalue weighted by atomic mass is 10.1. The van der Waals surface area contributed by atoms with Gasteiger partial charge in [0.05, 0.1) is 19.2 Å². The Morgan fingerprint density at radius 3 is 2.43 bits per heavy atom. The van der Waals surface area contributed by atoms with Gasteiger partial charge in [-0.25, -0.2) is 0 Å². The van der Waals surface area contributed by atoms with Crippen LogP contribution in [0.25, 0.3) is 0 Å². The molecule has 2 aromatic rings. The van der Waals surface area contributed by atoms with Crippen LogP contribution in [-0.2, 0) is 14.3 Å². The van der Waals surface area contributed by atoms with Crippen LogP contribution in [0.1, 0.15) is 29.3 Å². The van der Waals surface area contributed by atoms with Crippen LogP contribution in [0.2, 0.25) is 0 Å². The van der Waals surface area contributed by atoms with E-state index in [1.165, 1.54) is 14.0 Å². The predicted molar refractivity (Wildman–Crippen MR) is 105 cm³/mol. The number of amides is 2. The van der Waals surface area contributed by atoms with Crippen LogP contribution in [0.5, 0.6) is 5.75 Å². The van der Waals surface area contributed by atoms with Gasteiger partial charge in [0.1, 0.15) is 5.75 Å². The zero-order valence-corrected chi connectivity index (χ0v) is 16.2. The first-order valence-electron chi connectivity index (χ1n) is 8.89. The van der Waals surface area contributed by atoms with Crippen molar-refractivity contribution in [3.63, 3.8) is 0 Å². The molecule has 0 fully saturated rings. The summed E-state index contributed by atoms with van der Waals surface area (Å²) in [6.07, 6.45) is -1.02. The number of hydrogen-bond donors (Lipinski definition) is 2. The number of esters is 1. The minimum Gasteiger partial charge on any atom is -0.495 e. The van der Waals surface area contributed by atoms with E-state index < -0.39 is 18.0 Å². The first kappa shape index (κ1) is 21.0. The second-order valence-electron chi connectivity index (χ2n) is 6.14. The maximum absolute atomic E-state index is 12.2. The molecule has 28 heavy (non-hydrogen) atoms. The molecule has 0 bridgehead atoms. The number of aryl methyl sites for hydroxylation is 1. The molecule has 0 heterocycles. The summed E-state index contributed by atoms with van der Waals surface area (Å²) in [5, 5.41) is 5.33. The molecular formula is C21H24N2O5. The van der Waals surface area contributed by atoms with E-state index in [2.05, 4.69) is 10.6 Å². The van der Waals surface area contributed by atoms with Crippen molar-refractivity contribution in [3.05, 3.63) is 59.7 Å². The number of carbonyl (C=O) groups excluding carboxylic acids is 3. The molecule has 0 spiro atoms. The van der Waals surface area contributed by atoms with E-state index in [9.17, 15) is 14.4 Å². The van der Waals surface area contributed by atoms with E-state index in [0.29, 0.717) is 17.0 Å². The summed E-state index contributed by atoms with van der Waals surface area (Å²) in [5.41, 5.74) is 1.90. The summed E-state index contributed by atoms with van der Waals surface area (Å²) in [7, 11) is 1.50. The predicted octanol–water partition coefficient (Wildman–Crippen LogP) is 2.69. The van der Waals surface area contributed by atoms with E-state index in [1.54, 1.807) is 36.4 Å². The molecule has 2 aromatic carbocycles. The highest BCUT2D eigenvalue weighted by Gasteiger charge is 2.19. The quantitative estimate of drug-likeness (QED) is 0.683. The molecule has 1 unspecified atom stereocenters. The van der Waals surface area contributed by atoms with Crippen LogP contribution >= 0.6 is 0 Å². The Morgan fingerprint density at radius 2 is 1.71 bits per heavy atom. The van der Waals surface area contributed by atoms with Crippen LogP contribution in [0.4, 0.5) is 5.69 Å². The number of nitrogens with one attached hydrogen (secondary N) is 2. The summed E-state index contributed by atoms with van der Waals surface area (Å²) < 4.78 is 10.3. The van der Waals surface area contributed by atoms with Crippen molar-refractivity contribution in [1.82, 2.24) is 5.32 Å². The maximum atomic E-state index is 12.2. The zero-order valence-electron chi connectivity index (χ0n) is 16.2. The molecule has 2 rings (SSSR count). The molecule has 0 saturated carbocycles. The molecule has 0 saturated heterocycles. The van der Waals surface area contributed by atoms with Gasteiger partial charge >= 0.3 is 5.97 Å². The normalized spacial score (nSPS) is 11.2. The lowest BCUT2D eigenvalue weighted by Crippen LogP contribution is -2.32. The number of benzene rings is 2. The largest absolute Gasteiger partial charge is 0.495 e. The second-order valence-corrected chi connectivity index (χ2v) is 6.14. The highest BCUT2D eigenvalue weighted by Crippen LogP contribution is 2.23. The summed E-state index contributed by atoms with van der Waals surface area (Å²) >= 11 is 0. The summed E-state index contributed by atoms with van der Waals surface area (Å²) in [6.45, 7) is 3.44. The Morgan fingerprint density at radius 1 is 1.04 bits per heavy atom. The summed E-state index contributed by atoms with van der Waals surface area (Å²) in [6, 6.07) is 14.1. The van der Waals surface area contributed by atoms with Crippen molar-refractivity contribution in [2.45, 2.75) is 26.4 Å². The molecule has 0 aliphatic heterocycles. The fraction of sp³-hybridized carbons (Fsp3) is 0.286. The molecule has 148 valence electrons. The number of rotatable bonds is 8. The first-order valence-corrected chi connectivity index (χ1v) is 8.89. The molecule has 0 aliphatic rings. The van der Waals surface area contributed by atoms with E-state index >= 15 is 0 Å². The van der Waals surface area contributed by atoms with E-state index in [-0.39, 0.29) is 18.9 Å². The monoisotopic (exact) mass is 384 g/mol. The highest BCUT2D eigenvalue weighted by atomic mass is 16.5. The number of methoxy groups -OCH3 is 1. The Labute approximate surface area is 164 Å². The lowest BCUT2D eigenvalue weighted by molar-refractivity contribution is -0.153. The second kappa shape index (κ2) is 10.1. The number of carbonyl (C=O) groups is 3. The van der Waals surface area contributed by atoms with Gasteiger partial charge in [-0.1, -0.05) is 30.3 Å². The first-order chi connectivity index (χ1) is 13.4. The molecule has 2 N–H and O–H groups in total. The Balaban J connectivity index is 1.78. The average Bonchev–Trinajstić information content (AvgIpc) is 2.68. The lowest BCUT2D eigenvalue weighted by Gasteiger charge is -2.15. The van der Waals surface area contributed by atoms with Crippen LogP contribution < -0.4 is 15.4 Å². The topological polar surface area (TPSA) is 93.7 Å². The smallest absolute Gasteiger partial charge is 0.308 e. The third-order valence-electron chi connectivity index (χ3n) is 4.05. The number of para-hydroxylation sites is 2.